The maximum Gasteiger partial charge on any atom is 0.419 e. The van der Waals surface area contributed by atoms with Gasteiger partial charge in [-0.1, -0.05) is 6.92 Å². The molecule has 2 rings (SSSR count). The van der Waals surface area contributed by atoms with Crippen molar-refractivity contribution in [3.05, 3.63) is 38.9 Å². The Morgan fingerprint density at radius 1 is 1.52 bits per heavy atom. The van der Waals surface area contributed by atoms with Crippen LogP contribution in [0, 0.1) is 16.0 Å². The van der Waals surface area contributed by atoms with Gasteiger partial charge in [-0.15, -0.1) is 0 Å². The molecule has 1 aromatic heterocycles. The molecule has 8 heteroatoms. The zero-order valence-electron chi connectivity index (χ0n) is 11.6. The predicted molar refractivity (Wildman–Crippen MR) is 72.9 cm³/mol. The first-order valence-corrected chi connectivity index (χ1v) is 6.38. The van der Waals surface area contributed by atoms with Crippen LogP contribution in [-0.2, 0) is 16.1 Å². The average Bonchev–Trinajstić information content (AvgIpc) is 2.74. The molecule has 112 valence electrons. The van der Waals surface area contributed by atoms with Gasteiger partial charge in [0.05, 0.1) is 23.0 Å². The predicted octanol–water partition coefficient (Wildman–Crippen LogP) is 1.70. The Balaban J connectivity index is 2.41. The van der Waals surface area contributed by atoms with Crippen molar-refractivity contribution in [1.29, 1.82) is 0 Å². The normalized spacial score (nSPS) is 12.3. The molecule has 0 aliphatic heterocycles. The molecule has 8 nitrogen and oxygen atoms in total. The summed E-state index contributed by atoms with van der Waals surface area (Å²) in [7, 11) is 0. The van der Waals surface area contributed by atoms with Gasteiger partial charge >= 0.3 is 11.7 Å². The lowest BCUT2D eigenvalue weighted by Gasteiger charge is -2.10. The first kappa shape index (κ1) is 14.8. The van der Waals surface area contributed by atoms with Crippen LogP contribution in [-0.4, -0.2) is 22.1 Å². The molecule has 0 N–H and O–H groups in total. The lowest BCUT2D eigenvalue weighted by molar-refractivity contribution is -0.384. The summed E-state index contributed by atoms with van der Waals surface area (Å²) < 4.78 is 11.1. The second-order valence-electron chi connectivity index (χ2n) is 4.54. The second kappa shape index (κ2) is 5.78. The van der Waals surface area contributed by atoms with Crippen LogP contribution in [0.4, 0.5) is 5.69 Å². The van der Waals surface area contributed by atoms with E-state index in [1.165, 1.54) is 22.8 Å². The van der Waals surface area contributed by atoms with Crippen molar-refractivity contribution < 1.29 is 18.9 Å². The van der Waals surface area contributed by atoms with E-state index in [9.17, 15) is 19.7 Å². The molecule has 0 fully saturated rings. The van der Waals surface area contributed by atoms with Crippen LogP contribution in [0.3, 0.4) is 0 Å². The minimum Gasteiger partial charge on any atom is -0.466 e. The molecule has 2 aromatic rings. The highest BCUT2D eigenvalue weighted by Crippen LogP contribution is 2.21. The average molecular weight is 294 g/mol. The van der Waals surface area contributed by atoms with E-state index in [2.05, 4.69) is 0 Å². The SMILES string of the molecule is CCOC(=O)C(C)Cn1c(=O)oc2ccc([N+](=O)[O-])cc21. The Morgan fingerprint density at radius 2 is 2.24 bits per heavy atom. The number of nitrogens with zero attached hydrogens (tertiary/aromatic N) is 2. The van der Waals surface area contributed by atoms with Crippen LogP contribution >= 0.6 is 0 Å². The molecular weight excluding hydrogens is 280 g/mol. The number of oxazole rings is 1. The zero-order valence-corrected chi connectivity index (χ0v) is 11.6. The highest BCUT2D eigenvalue weighted by atomic mass is 16.6. The molecule has 1 unspecified atom stereocenters. The van der Waals surface area contributed by atoms with Gasteiger partial charge in [0.25, 0.3) is 5.69 Å². The number of nitro benzene ring substituents is 1. The number of carbonyl (C=O) groups is 1. The van der Waals surface area contributed by atoms with Crippen LogP contribution in [0.25, 0.3) is 11.1 Å². The van der Waals surface area contributed by atoms with Gasteiger partial charge in [0.15, 0.2) is 5.58 Å². The number of ether oxygens (including phenoxy) is 1. The Morgan fingerprint density at radius 3 is 2.86 bits per heavy atom. The number of hydrogen-bond donors (Lipinski definition) is 0. The molecule has 1 atom stereocenters. The number of carbonyl (C=O) groups excluding carboxylic acids is 1. The molecule has 0 radical (unpaired) electrons. The number of aromatic nitrogens is 1. The summed E-state index contributed by atoms with van der Waals surface area (Å²) >= 11 is 0. The van der Waals surface area contributed by atoms with Crippen molar-refractivity contribution in [3.8, 4) is 0 Å². The first-order chi connectivity index (χ1) is 9.93. The van der Waals surface area contributed by atoms with Gasteiger partial charge in [-0.05, 0) is 13.0 Å². The van der Waals surface area contributed by atoms with E-state index < -0.39 is 22.6 Å². The van der Waals surface area contributed by atoms with Crippen molar-refractivity contribution in [1.82, 2.24) is 4.57 Å². The molecular formula is C13H14N2O6. The van der Waals surface area contributed by atoms with Gasteiger partial charge in [0.2, 0.25) is 0 Å². The molecule has 1 aromatic carbocycles. The first-order valence-electron chi connectivity index (χ1n) is 6.38. The fraction of sp³-hybridized carbons (Fsp3) is 0.385. The van der Waals surface area contributed by atoms with Crippen molar-refractivity contribution in [2.75, 3.05) is 6.61 Å². The highest BCUT2D eigenvalue weighted by molar-refractivity contribution is 5.76. The maximum absolute atomic E-state index is 11.8. The van der Waals surface area contributed by atoms with Gasteiger partial charge in [0.1, 0.15) is 0 Å². The van der Waals surface area contributed by atoms with Gasteiger partial charge in [-0.2, -0.15) is 0 Å². The molecule has 0 bridgehead atoms. The Labute approximate surface area is 119 Å². The van der Waals surface area contributed by atoms with Crippen molar-refractivity contribution >= 4 is 22.8 Å². The van der Waals surface area contributed by atoms with Crippen LogP contribution in [0.2, 0.25) is 0 Å². The molecule has 0 saturated heterocycles. The van der Waals surface area contributed by atoms with Crippen LogP contribution in [0.1, 0.15) is 13.8 Å². The van der Waals surface area contributed by atoms with Crippen molar-refractivity contribution in [2.45, 2.75) is 20.4 Å². The van der Waals surface area contributed by atoms with Crippen LogP contribution in [0.5, 0.6) is 0 Å². The number of esters is 1. The standard InChI is InChI=1S/C13H14N2O6/c1-3-20-12(16)8(2)7-14-10-6-9(15(18)19)4-5-11(10)21-13(14)17/h4-6,8H,3,7H2,1-2H3. The number of hydrogen-bond acceptors (Lipinski definition) is 6. The van der Waals surface area contributed by atoms with Crippen molar-refractivity contribution in [3.63, 3.8) is 0 Å². The lowest BCUT2D eigenvalue weighted by atomic mass is 10.2. The minimum atomic E-state index is -0.665. The summed E-state index contributed by atoms with van der Waals surface area (Å²) in [5.41, 5.74) is 0.368. The molecule has 0 aliphatic rings. The summed E-state index contributed by atoms with van der Waals surface area (Å²) in [6, 6.07) is 3.86. The van der Waals surface area contributed by atoms with E-state index in [1.807, 2.05) is 0 Å². The summed E-state index contributed by atoms with van der Waals surface area (Å²) in [5, 5.41) is 10.8. The largest absolute Gasteiger partial charge is 0.466 e. The Hall–Kier alpha value is -2.64. The number of non-ortho nitro benzene ring substituents is 1. The molecule has 0 saturated carbocycles. The van der Waals surface area contributed by atoms with E-state index in [1.54, 1.807) is 13.8 Å². The molecule has 21 heavy (non-hydrogen) atoms. The molecule has 0 aliphatic carbocycles. The zero-order chi connectivity index (χ0) is 15.6. The van der Waals surface area contributed by atoms with Gasteiger partial charge in [0, 0.05) is 18.7 Å². The fourth-order valence-electron chi connectivity index (χ4n) is 1.97. The second-order valence-corrected chi connectivity index (χ2v) is 4.54. The van der Waals surface area contributed by atoms with Gasteiger partial charge in [-0.3, -0.25) is 19.5 Å². The third kappa shape index (κ3) is 2.93. The Kier molecular flexibility index (Phi) is 4.06. The number of fused-ring (bicyclic) bond motifs is 1. The third-order valence-electron chi connectivity index (χ3n) is 3.01. The van der Waals surface area contributed by atoms with Crippen molar-refractivity contribution in [2.24, 2.45) is 5.92 Å². The van der Waals surface area contributed by atoms with E-state index in [0.29, 0.717) is 0 Å². The third-order valence-corrected chi connectivity index (χ3v) is 3.01. The van der Waals surface area contributed by atoms with E-state index >= 15 is 0 Å². The Bertz CT molecular complexity index is 745. The van der Waals surface area contributed by atoms with Crippen LogP contribution in [0.15, 0.2) is 27.4 Å². The topological polar surface area (TPSA) is 105 Å². The van der Waals surface area contributed by atoms with Gasteiger partial charge < -0.3 is 9.15 Å². The lowest BCUT2D eigenvalue weighted by Crippen LogP contribution is -2.25. The van der Waals surface area contributed by atoms with Gasteiger partial charge in [-0.25, -0.2) is 4.79 Å². The quantitative estimate of drug-likeness (QED) is 0.472. The highest BCUT2D eigenvalue weighted by Gasteiger charge is 2.20. The maximum atomic E-state index is 11.8. The molecule has 0 amide bonds. The van der Waals surface area contributed by atoms with E-state index in [0.717, 1.165) is 0 Å². The summed E-state index contributed by atoms with van der Waals surface area (Å²) in [6.07, 6.45) is 0. The number of benzene rings is 1. The summed E-state index contributed by atoms with van der Waals surface area (Å²) in [6.45, 7) is 3.58. The van der Waals surface area contributed by atoms with E-state index in [-0.39, 0.29) is 29.9 Å². The molecule has 0 spiro atoms. The fourth-order valence-corrected chi connectivity index (χ4v) is 1.97. The summed E-state index contributed by atoms with van der Waals surface area (Å²) in [5.74, 6) is -1.67. The smallest absolute Gasteiger partial charge is 0.419 e. The number of rotatable bonds is 5. The molecule has 1 heterocycles. The minimum absolute atomic E-state index is 0.0336. The van der Waals surface area contributed by atoms with Crippen LogP contribution < -0.4 is 5.76 Å². The number of nitro groups is 1. The van der Waals surface area contributed by atoms with E-state index in [4.69, 9.17) is 9.15 Å². The monoisotopic (exact) mass is 294 g/mol. The summed E-state index contributed by atoms with van der Waals surface area (Å²) in [4.78, 5) is 33.7.